The van der Waals surface area contributed by atoms with Crippen molar-refractivity contribution in [1.82, 2.24) is 9.55 Å². The van der Waals surface area contributed by atoms with E-state index in [1.165, 1.54) is 6.07 Å². The lowest BCUT2D eigenvalue weighted by Gasteiger charge is -2.23. The maximum Gasteiger partial charge on any atom is 0.144 e. The van der Waals surface area contributed by atoms with E-state index in [-0.39, 0.29) is 17.2 Å². The molecule has 21 heavy (non-hydrogen) atoms. The molecular formula is C15H15Cl2FN2O. The van der Waals surface area contributed by atoms with Gasteiger partial charge in [-0.05, 0) is 25.3 Å². The Morgan fingerprint density at radius 2 is 2.24 bits per heavy atom. The highest BCUT2D eigenvalue weighted by atomic mass is 35.5. The van der Waals surface area contributed by atoms with Crippen LogP contribution in [-0.2, 0) is 11.2 Å². The SMILES string of the molecule is Fc1cc2c(cc1Cl)nc(CCCl)n2C1CC2CCC1O2. The van der Waals surface area contributed by atoms with Crippen molar-refractivity contribution in [2.75, 3.05) is 5.88 Å². The second kappa shape index (κ2) is 5.11. The number of alkyl halides is 1. The van der Waals surface area contributed by atoms with E-state index in [1.807, 2.05) is 0 Å². The first-order valence-electron chi connectivity index (χ1n) is 7.24. The molecule has 112 valence electrons. The van der Waals surface area contributed by atoms with E-state index >= 15 is 0 Å². The molecule has 1 aromatic heterocycles. The lowest BCUT2D eigenvalue weighted by Crippen LogP contribution is -2.23. The largest absolute Gasteiger partial charge is 0.373 e. The third-order valence-corrected chi connectivity index (χ3v) is 5.01. The first-order valence-corrected chi connectivity index (χ1v) is 8.16. The minimum Gasteiger partial charge on any atom is -0.373 e. The van der Waals surface area contributed by atoms with Crippen LogP contribution in [0.15, 0.2) is 12.1 Å². The van der Waals surface area contributed by atoms with Crippen LogP contribution in [0.1, 0.15) is 31.1 Å². The molecule has 3 unspecified atom stereocenters. The van der Waals surface area contributed by atoms with Crippen LogP contribution in [0.2, 0.25) is 5.02 Å². The average molecular weight is 329 g/mol. The zero-order valence-electron chi connectivity index (χ0n) is 11.4. The maximum absolute atomic E-state index is 13.9. The van der Waals surface area contributed by atoms with Gasteiger partial charge in [-0.25, -0.2) is 9.37 Å². The van der Waals surface area contributed by atoms with Gasteiger partial charge in [0.15, 0.2) is 0 Å². The quantitative estimate of drug-likeness (QED) is 0.793. The van der Waals surface area contributed by atoms with Crippen LogP contribution in [0, 0.1) is 5.82 Å². The fourth-order valence-electron chi connectivity index (χ4n) is 3.65. The number of nitrogens with zero attached hydrogens (tertiary/aromatic N) is 2. The minimum atomic E-state index is -0.410. The van der Waals surface area contributed by atoms with Gasteiger partial charge in [-0.2, -0.15) is 0 Å². The Bertz CT molecular complexity index is 703. The summed E-state index contributed by atoms with van der Waals surface area (Å²) in [6, 6.07) is 3.30. The summed E-state index contributed by atoms with van der Waals surface area (Å²) in [4.78, 5) is 4.60. The van der Waals surface area contributed by atoms with Crippen molar-refractivity contribution in [2.45, 2.75) is 43.9 Å². The zero-order chi connectivity index (χ0) is 14.6. The van der Waals surface area contributed by atoms with E-state index in [2.05, 4.69) is 9.55 Å². The van der Waals surface area contributed by atoms with E-state index < -0.39 is 5.82 Å². The topological polar surface area (TPSA) is 27.1 Å². The molecule has 2 aliphatic heterocycles. The van der Waals surface area contributed by atoms with Crippen LogP contribution in [0.25, 0.3) is 11.0 Å². The maximum atomic E-state index is 13.9. The Morgan fingerprint density at radius 3 is 2.90 bits per heavy atom. The number of aromatic nitrogens is 2. The van der Waals surface area contributed by atoms with Crippen LogP contribution in [0.4, 0.5) is 4.39 Å². The van der Waals surface area contributed by atoms with Gasteiger partial charge in [-0.3, -0.25) is 0 Å². The third kappa shape index (κ3) is 2.16. The van der Waals surface area contributed by atoms with Gasteiger partial charge in [0.1, 0.15) is 11.6 Å². The molecule has 2 aliphatic rings. The molecule has 1 aromatic carbocycles. The molecule has 2 saturated heterocycles. The summed E-state index contributed by atoms with van der Waals surface area (Å²) in [5, 5.41) is 0.105. The molecule has 3 nitrogen and oxygen atoms in total. The number of halogens is 3. The number of hydrogen-bond acceptors (Lipinski definition) is 2. The Kier molecular flexibility index (Phi) is 3.36. The normalized spacial score (nSPS) is 27.9. The average Bonchev–Trinajstić information content (AvgIpc) is 3.13. The first-order chi connectivity index (χ1) is 10.2. The van der Waals surface area contributed by atoms with E-state index in [1.54, 1.807) is 6.07 Å². The van der Waals surface area contributed by atoms with Gasteiger partial charge in [0.2, 0.25) is 0 Å². The molecule has 2 bridgehead atoms. The number of aryl methyl sites for hydroxylation is 1. The van der Waals surface area contributed by atoms with Crippen LogP contribution >= 0.6 is 23.2 Å². The molecule has 2 fully saturated rings. The molecule has 3 heterocycles. The highest BCUT2D eigenvalue weighted by Gasteiger charge is 2.42. The molecule has 3 atom stereocenters. The molecular weight excluding hydrogens is 314 g/mol. The number of benzene rings is 1. The predicted molar refractivity (Wildman–Crippen MR) is 80.7 cm³/mol. The van der Waals surface area contributed by atoms with Crippen molar-refractivity contribution in [3.8, 4) is 0 Å². The molecule has 0 saturated carbocycles. The summed E-state index contributed by atoms with van der Waals surface area (Å²) in [5.74, 6) is 0.968. The molecule has 0 N–H and O–H groups in total. The monoisotopic (exact) mass is 328 g/mol. The Labute approximate surface area is 132 Å². The van der Waals surface area contributed by atoms with E-state index in [0.717, 1.165) is 36.1 Å². The summed E-state index contributed by atoms with van der Waals surface area (Å²) in [7, 11) is 0. The van der Waals surface area contributed by atoms with Gasteiger partial charge in [-0.1, -0.05) is 11.6 Å². The van der Waals surface area contributed by atoms with Crippen molar-refractivity contribution in [3.05, 3.63) is 28.8 Å². The molecule has 4 rings (SSSR count). The van der Waals surface area contributed by atoms with Crippen LogP contribution in [-0.4, -0.2) is 27.6 Å². The van der Waals surface area contributed by atoms with Crippen LogP contribution < -0.4 is 0 Å². The highest BCUT2D eigenvalue weighted by Crippen LogP contribution is 2.43. The zero-order valence-corrected chi connectivity index (χ0v) is 12.9. The van der Waals surface area contributed by atoms with Gasteiger partial charge in [0.25, 0.3) is 0 Å². The summed E-state index contributed by atoms with van der Waals surface area (Å²) in [5.41, 5.74) is 1.52. The van der Waals surface area contributed by atoms with Gasteiger partial charge in [-0.15, -0.1) is 11.6 Å². The van der Waals surface area contributed by atoms with Gasteiger partial charge in [0, 0.05) is 18.4 Å². The molecule has 0 spiro atoms. The van der Waals surface area contributed by atoms with Gasteiger partial charge in [0.05, 0.1) is 34.3 Å². The van der Waals surface area contributed by atoms with Crippen molar-refractivity contribution < 1.29 is 9.13 Å². The Morgan fingerprint density at radius 1 is 1.38 bits per heavy atom. The third-order valence-electron chi connectivity index (χ3n) is 4.53. The number of imidazole rings is 1. The number of fused-ring (bicyclic) bond motifs is 3. The van der Waals surface area contributed by atoms with Gasteiger partial charge >= 0.3 is 0 Å². The summed E-state index contributed by atoms with van der Waals surface area (Å²) < 4.78 is 21.9. The van der Waals surface area contributed by atoms with E-state index in [4.69, 9.17) is 27.9 Å². The highest BCUT2D eigenvalue weighted by molar-refractivity contribution is 6.31. The lowest BCUT2D eigenvalue weighted by molar-refractivity contribution is 0.0940. The standard InChI is InChI=1S/C15H15Cl2FN2O/c16-4-3-15-19-11-6-9(17)10(18)7-12(11)20(15)13-5-8-1-2-14(13)21-8/h6-8,13-14H,1-5H2. The molecule has 2 aromatic rings. The second-order valence-corrected chi connectivity index (χ2v) is 6.55. The summed E-state index contributed by atoms with van der Waals surface area (Å²) in [6.45, 7) is 0. The van der Waals surface area contributed by atoms with Crippen molar-refractivity contribution in [1.29, 1.82) is 0 Å². The van der Waals surface area contributed by atoms with E-state index in [0.29, 0.717) is 18.4 Å². The fourth-order valence-corrected chi connectivity index (χ4v) is 3.98. The van der Waals surface area contributed by atoms with Crippen molar-refractivity contribution in [3.63, 3.8) is 0 Å². The van der Waals surface area contributed by atoms with E-state index in [9.17, 15) is 4.39 Å². The number of rotatable bonds is 3. The second-order valence-electron chi connectivity index (χ2n) is 5.77. The fraction of sp³-hybridized carbons (Fsp3) is 0.533. The van der Waals surface area contributed by atoms with Gasteiger partial charge < -0.3 is 9.30 Å². The molecule has 0 radical (unpaired) electrons. The molecule has 0 amide bonds. The van der Waals surface area contributed by atoms with Crippen molar-refractivity contribution >= 4 is 34.2 Å². The number of hydrogen-bond donors (Lipinski definition) is 0. The Hall–Kier alpha value is -0.840. The lowest BCUT2D eigenvalue weighted by atomic mass is 9.95. The summed E-state index contributed by atoms with van der Waals surface area (Å²) >= 11 is 11.8. The minimum absolute atomic E-state index is 0.105. The summed E-state index contributed by atoms with van der Waals surface area (Å²) in [6.07, 6.45) is 4.35. The molecule has 0 aliphatic carbocycles. The number of ether oxygens (including phenoxy) is 1. The first kappa shape index (κ1) is 13.8. The van der Waals surface area contributed by atoms with Crippen LogP contribution in [0.3, 0.4) is 0 Å². The predicted octanol–water partition coefficient (Wildman–Crippen LogP) is 4.10. The molecule has 6 heteroatoms. The van der Waals surface area contributed by atoms with Crippen LogP contribution in [0.5, 0.6) is 0 Å². The smallest absolute Gasteiger partial charge is 0.144 e. The van der Waals surface area contributed by atoms with Crippen molar-refractivity contribution in [2.24, 2.45) is 0 Å². The Balaban J connectivity index is 1.88.